The zero-order valence-electron chi connectivity index (χ0n) is 22.2. The molecule has 0 radical (unpaired) electrons. The van der Waals surface area contributed by atoms with Crippen molar-refractivity contribution in [3.05, 3.63) is 106 Å². The summed E-state index contributed by atoms with van der Waals surface area (Å²) >= 11 is 0. The van der Waals surface area contributed by atoms with E-state index < -0.39 is 29.2 Å². The average molecular weight is 554 g/mol. The number of phenolic OH excluding ortho intramolecular Hbond substituents is 1. The number of phenols is 1. The Labute approximate surface area is 234 Å². The standard InChI is InChI=1S/C31H24FN3O6/c1-16-7-10-20(13-17(16)2)35-26-15-19(31(40)41-3)8-11-22(26)27(29(35)37)34-33-25-6-4-5-21(28(25)36)18-9-12-24(32)23(14-18)30(38)39/h4-15,33,36H,1-3H3,(H,38,39)/b34-27+. The van der Waals surface area contributed by atoms with Crippen molar-refractivity contribution in [2.45, 2.75) is 13.8 Å². The first-order chi connectivity index (χ1) is 19.6. The van der Waals surface area contributed by atoms with E-state index in [-0.39, 0.29) is 33.8 Å². The number of methoxy groups -OCH3 is 1. The molecule has 0 saturated heterocycles. The van der Waals surface area contributed by atoms with Crippen LogP contribution in [0.1, 0.15) is 37.4 Å². The summed E-state index contributed by atoms with van der Waals surface area (Å²) in [6.07, 6.45) is 0. The zero-order valence-corrected chi connectivity index (χ0v) is 22.2. The summed E-state index contributed by atoms with van der Waals surface area (Å²) in [5, 5.41) is 24.6. The van der Waals surface area contributed by atoms with Gasteiger partial charge in [0.05, 0.1) is 29.6 Å². The third-order valence-corrected chi connectivity index (χ3v) is 6.90. The molecule has 0 atom stereocenters. The molecule has 4 aromatic rings. The monoisotopic (exact) mass is 553 g/mol. The summed E-state index contributed by atoms with van der Waals surface area (Å²) < 4.78 is 18.8. The van der Waals surface area contributed by atoms with Gasteiger partial charge in [-0.3, -0.25) is 15.1 Å². The number of hydrogen-bond acceptors (Lipinski definition) is 7. The number of nitrogens with zero attached hydrogens (tertiary/aromatic N) is 2. The number of carboxylic acid groups (broad SMARTS) is 1. The van der Waals surface area contributed by atoms with Crippen molar-refractivity contribution in [2.24, 2.45) is 5.10 Å². The number of aryl methyl sites for hydroxylation is 2. The van der Waals surface area contributed by atoms with Gasteiger partial charge in [-0.2, -0.15) is 5.10 Å². The largest absolute Gasteiger partial charge is 0.505 e. The number of amides is 1. The Morgan fingerprint density at radius 3 is 2.44 bits per heavy atom. The number of carbonyl (C=O) groups excluding carboxylic acids is 2. The van der Waals surface area contributed by atoms with E-state index >= 15 is 0 Å². The zero-order chi connectivity index (χ0) is 29.4. The van der Waals surface area contributed by atoms with E-state index in [1.54, 1.807) is 30.3 Å². The molecule has 206 valence electrons. The second-order valence-electron chi connectivity index (χ2n) is 9.41. The van der Waals surface area contributed by atoms with Gasteiger partial charge in [-0.15, -0.1) is 0 Å². The topological polar surface area (TPSA) is 129 Å². The molecule has 0 fully saturated rings. The molecular weight excluding hydrogens is 529 g/mol. The first kappa shape index (κ1) is 27.1. The number of para-hydroxylation sites is 1. The lowest BCUT2D eigenvalue weighted by atomic mass is 10.0. The number of hydrogen-bond donors (Lipinski definition) is 3. The number of nitrogens with one attached hydrogen (secondary N) is 1. The van der Waals surface area contributed by atoms with Crippen LogP contribution in [-0.4, -0.2) is 40.9 Å². The molecule has 1 aliphatic rings. The van der Waals surface area contributed by atoms with Crippen LogP contribution in [0, 0.1) is 19.7 Å². The minimum Gasteiger partial charge on any atom is -0.505 e. The van der Waals surface area contributed by atoms with E-state index in [9.17, 15) is 29.0 Å². The van der Waals surface area contributed by atoms with Crippen LogP contribution < -0.4 is 10.3 Å². The number of rotatable bonds is 6. The van der Waals surface area contributed by atoms with Crippen LogP contribution in [0.4, 0.5) is 21.5 Å². The number of ether oxygens (including phenoxy) is 1. The maximum absolute atomic E-state index is 13.9. The molecule has 0 unspecified atom stereocenters. The molecule has 0 saturated carbocycles. The summed E-state index contributed by atoms with van der Waals surface area (Å²) in [4.78, 5) is 38.8. The lowest BCUT2D eigenvalue weighted by molar-refractivity contribution is -0.111. The van der Waals surface area contributed by atoms with Crippen LogP contribution in [0.3, 0.4) is 0 Å². The lowest BCUT2D eigenvalue weighted by Gasteiger charge is -2.18. The van der Waals surface area contributed by atoms with Gasteiger partial charge in [0.15, 0.2) is 5.71 Å². The minimum absolute atomic E-state index is 0.0365. The predicted molar refractivity (Wildman–Crippen MR) is 151 cm³/mol. The van der Waals surface area contributed by atoms with Gasteiger partial charge in [0.1, 0.15) is 11.6 Å². The second kappa shape index (κ2) is 10.6. The highest BCUT2D eigenvalue weighted by Gasteiger charge is 2.36. The summed E-state index contributed by atoms with van der Waals surface area (Å²) in [5.41, 5.74) is 6.62. The molecule has 9 nitrogen and oxygen atoms in total. The number of carboxylic acids is 1. The summed E-state index contributed by atoms with van der Waals surface area (Å²) in [5.74, 6) is -3.64. The Hall–Kier alpha value is -5.51. The molecule has 5 rings (SSSR count). The molecule has 41 heavy (non-hydrogen) atoms. The normalized spacial score (nSPS) is 13.3. The number of halogens is 1. The van der Waals surface area contributed by atoms with Crippen molar-refractivity contribution in [3.8, 4) is 16.9 Å². The number of anilines is 3. The van der Waals surface area contributed by atoms with Crippen molar-refractivity contribution in [2.75, 3.05) is 17.4 Å². The fourth-order valence-corrected chi connectivity index (χ4v) is 4.56. The van der Waals surface area contributed by atoms with Crippen LogP contribution in [0.2, 0.25) is 0 Å². The first-order valence-corrected chi connectivity index (χ1v) is 12.4. The highest BCUT2D eigenvalue weighted by atomic mass is 19.1. The van der Waals surface area contributed by atoms with E-state index in [0.29, 0.717) is 16.9 Å². The van der Waals surface area contributed by atoms with Crippen LogP contribution >= 0.6 is 0 Å². The van der Waals surface area contributed by atoms with E-state index in [0.717, 1.165) is 23.3 Å². The van der Waals surface area contributed by atoms with Gasteiger partial charge < -0.3 is 14.9 Å². The first-order valence-electron chi connectivity index (χ1n) is 12.4. The van der Waals surface area contributed by atoms with Crippen LogP contribution in [0.15, 0.2) is 77.9 Å². The number of carbonyl (C=O) groups is 3. The van der Waals surface area contributed by atoms with Gasteiger partial charge in [-0.1, -0.05) is 24.3 Å². The molecule has 1 aliphatic heterocycles. The lowest BCUT2D eigenvalue weighted by Crippen LogP contribution is -2.26. The number of hydrazone groups is 1. The third-order valence-electron chi connectivity index (χ3n) is 6.90. The quantitative estimate of drug-likeness (QED) is 0.157. The third kappa shape index (κ3) is 4.87. The van der Waals surface area contributed by atoms with Gasteiger partial charge in [-0.25, -0.2) is 14.0 Å². The van der Waals surface area contributed by atoms with Crippen molar-refractivity contribution in [3.63, 3.8) is 0 Å². The molecule has 0 aromatic heterocycles. The van der Waals surface area contributed by atoms with Crippen molar-refractivity contribution < 1.29 is 33.7 Å². The molecule has 0 bridgehead atoms. The highest BCUT2D eigenvalue weighted by molar-refractivity contribution is 6.55. The molecule has 3 N–H and O–H groups in total. The summed E-state index contributed by atoms with van der Waals surface area (Å²) in [6.45, 7) is 3.89. The van der Waals surface area contributed by atoms with Gasteiger partial charge in [0.25, 0.3) is 5.91 Å². The van der Waals surface area contributed by atoms with Gasteiger partial charge in [0, 0.05) is 16.8 Å². The maximum atomic E-state index is 13.9. The second-order valence-corrected chi connectivity index (χ2v) is 9.41. The number of fused-ring (bicyclic) bond motifs is 1. The van der Waals surface area contributed by atoms with E-state index in [4.69, 9.17) is 4.74 Å². The average Bonchev–Trinajstić information content (AvgIpc) is 3.23. The van der Waals surface area contributed by atoms with Crippen LogP contribution in [0.25, 0.3) is 11.1 Å². The Bertz CT molecular complexity index is 1780. The molecule has 1 amide bonds. The maximum Gasteiger partial charge on any atom is 0.338 e. The molecule has 1 heterocycles. The fraction of sp³-hybridized carbons (Fsp3) is 0.0968. The SMILES string of the molecule is COC(=O)c1ccc2c(c1)N(c1ccc(C)c(C)c1)C(=O)/C2=N/Nc1cccc(-c2ccc(F)c(C(=O)O)c2)c1O. The Kier molecular flexibility index (Phi) is 6.98. The smallest absolute Gasteiger partial charge is 0.338 e. The Morgan fingerprint density at radius 1 is 0.951 bits per heavy atom. The molecule has 0 spiro atoms. The minimum atomic E-state index is -1.44. The molecular formula is C31H24FN3O6. The van der Waals surface area contributed by atoms with Crippen LogP contribution in [0.5, 0.6) is 5.75 Å². The summed E-state index contributed by atoms with van der Waals surface area (Å²) in [6, 6.07) is 18.4. The van der Waals surface area contributed by atoms with Crippen molar-refractivity contribution in [1.29, 1.82) is 0 Å². The number of benzene rings is 4. The van der Waals surface area contributed by atoms with E-state index in [1.807, 2.05) is 26.0 Å². The molecule has 10 heteroatoms. The Balaban J connectivity index is 1.56. The highest BCUT2D eigenvalue weighted by Crippen LogP contribution is 2.39. The van der Waals surface area contributed by atoms with Gasteiger partial charge >= 0.3 is 11.9 Å². The number of esters is 1. The van der Waals surface area contributed by atoms with Crippen molar-refractivity contribution in [1.82, 2.24) is 0 Å². The molecule has 0 aliphatic carbocycles. The van der Waals surface area contributed by atoms with E-state index in [2.05, 4.69) is 10.5 Å². The van der Waals surface area contributed by atoms with Gasteiger partial charge in [-0.05, 0) is 79.1 Å². The predicted octanol–water partition coefficient (Wildman–Crippen LogP) is 5.79. The van der Waals surface area contributed by atoms with E-state index in [1.165, 1.54) is 30.2 Å². The fourth-order valence-electron chi connectivity index (χ4n) is 4.56. The number of aromatic hydroxyl groups is 1. The molecule has 4 aromatic carbocycles. The number of aromatic carboxylic acids is 1. The Morgan fingerprint density at radius 2 is 1.73 bits per heavy atom. The van der Waals surface area contributed by atoms with Gasteiger partial charge in [0.2, 0.25) is 0 Å². The summed E-state index contributed by atoms with van der Waals surface area (Å²) in [7, 11) is 1.27. The van der Waals surface area contributed by atoms with Crippen LogP contribution in [-0.2, 0) is 9.53 Å². The van der Waals surface area contributed by atoms with Crippen molar-refractivity contribution >= 4 is 40.6 Å².